The molecule has 0 amide bonds. The van der Waals surface area contributed by atoms with Gasteiger partial charge >= 0.3 is 0 Å². The molecule has 98 valence electrons. The van der Waals surface area contributed by atoms with Gasteiger partial charge in [0, 0.05) is 21.4 Å². The van der Waals surface area contributed by atoms with E-state index in [4.69, 9.17) is 41.2 Å². The quantitative estimate of drug-likeness (QED) is 0.839. The zero-order chi connectivity index (χ0) is 14.0. The highest BCUT2D eigenvalue weighted by Crippen LogP contribution is 2.26. The molecule has 1 aromatic carbocycles. The van der Waals surface area contributed by atoms with Crippen molar-refractivity contribution in [3.8, 4) is 0 Å². The van der Waals surface area contributed by atoms with E-state index in [9.17, 15) is 0 Å². The monoisotopic (exact) mass is 311 g/mol. The number of thiocarbonyl (C=S) groups is 1. The zero-order valence-corrected chi connectivity index (χ0v) is 12.4. The molecule has 3 N–H and O–H groups in total. The number of nitrogens with zero attached hydrogens (tertiary/aromatic N) is 1. The summed E-state index contributed by atoms with van der Waals surface area (Å²) in [4.78, 5) is 4.66. The third-order valence-corrected chi connectivity index (χ3v) is 3.08. The third kappa shape index (κ3) is 3.56. The molecule has 0 fully saturated rings. The number of pyridine rings is 1. The average Bonchev–Trinajstić information content (AvgIpc) is 2.26. The Morgan fingerprint density at radius 1 is 1.21 bits per heavy atom. The van der Waals surface area contributed by atoms with Gasteiger partial charge in [0.25, 0.3) is 0 Å². The number of hydrogen-bond acceptors (Lipinski definition) is 3. The normalized spacial score (nSPS) is 10.3. The molecule has 2 rings (SSSR count). The second-order valence-electron chi connectivity index (χ2n) is 4.00. The van der Waals surface area contributed by atoms with Gasteiger partial charge in [-0.15, -0.1) is 0 Å². The van der Waals surface area contributed by atoms with E-state index < -0.39 is 0 Å². The van der Waals surface area contributed by atoms with E-state index in [1.165, 1.54) is 0 Å². The first-order valence-electron chi connectivity index (χ1n) is 5.46. The van der Waals surface area contributed by atoms with E-state index >= 15 is 0 Å². The maximum Gasteiger partial charge on any atom is 0.140 e. The molecule has 0 aliphatic carbocycles. The van der Waals surface area contributed by atoms with Gasteiger partial charge in [0.1, 0.15) is 10.8 Å². The number of nitrogens with two attached hydrogens (primary N) is 1. The van der Waals surface area contributed by atoms with Crippen molar-refractivity contribution in [1.82, 2.24) is 4.98 Å². The molecule has 0 atom stereocenters. The number of aromatic nitrogens is 1. The number of nitrogens with one attached hydrogen (secondary N) is 1. The minimum atomic E-state index is 0.281. The molecule has 0 unspecified atom stereocenters. The van der Waals surface area contributed by atoms with Crippen molar-refractivity contribution >= 4 is 51.9 Å². The van der Waals surface area contributed by atoms with Crippen LogP contribution in [-0.2, 0) is 0 Å². The van der Waals surface area contributed by atoms with E-state index in [0.29, 0.717) is 21.4 Å². The molecular weight excluding hydrogens is 301 g/mol. The molecule has 19 heavy (non-hydrogen) atoms. The Labute approximate surface area is 126 Å². The standard InChI is InChI=1S/C13H11Cl2N3S/c1-7-2-3-11(12(16)19)13(17-7)18-10-5-8(14)4-9(15)6-10/h2-6H,1H3,(H2,16,19)(H,17,18). The number of hydrogen-bond donors (Lipinski definition) is 2. The average molecular weight is 312 g/mol. The summed E-state index contributed by atoms with van der Waals surface area (Å²) in [7, 11) is 0. The van der Waals surface area contributed by atoms with Gasteiger partial charge < -0.3 is 11.1 Å². The molecule has 2 aromatic rings. The van der Waals surface area contributed by atoms with Gasteiger partial charge in [-0.3, -0.25) is 0 Å². The molecule has 1 heterocycles. The topological polar surface area (TPSA) is 50.9 Å². The molecule has 3 nitrogen and oxygen atoms in total. The summed E-state index contributed by atoms with van der Waals surface area (Å²) >= 11 is 16.9. The summed E-state index contributed by atoms with van der Waals surface area (Å²) < 4.78 is 0. The highest BCUT2D eigenvalue weighted by Gasteiger charge is 2.08. The zero-order valence-electron chi connectivity index (χ0n) is 10.1. The van der Waals surface area contributed by atoms with Crippen molar-refractivity contribution in [1.29, 1.82) is 0 Å². The van der Waals surface area contributed by atoms with Crippen LogP contribution in [0.5, 0.6) is 0 Å². The summed E-state index contributed by atoms with van der Waals surface area (Å²) in [5, 5.41) is 4.21. The predicted molar refractivity (Wildman–Crippen MR) is 84.6 cm³/mol. The van der Waals surface area contributed by atoms with E-state index in [1.54, 1.807) is 18.2 Å². The minimum absolute atomic E-state index is 0.281. The lowest BCUT2D eigenvalue weighted by molar-refractivity contribution is 1.19. The van der Waals surface area contributed by atoms with Crippen LogP contribution in [0.1, 0.15) is 11.3 Å². The second-order valence-corrected chi connectivity index (χ2v) is 5.31. The Bertz CT molecular complexity index is 624. The highest BCUT2D eigenvalue weighted by atomic mass is 35.5. The highest BCUT2D eigenvalue weighted by molar-refractivity contribution is 7.80. The Morgan fingerprint density at radius 3 is 2.42 bits per heavy atom. The van der Waals surface area contributed by atoms with Crippen molar-refractivity contribution in [2.75, 3.05) is 5.32 Å². The minimum Gasteiger partial charge on any atom is -0.389 e. The number of benzene rings is 1. The van der Waals surface area contributed by atoms with Crippen molar-refractivity contribution in [2.24, 2.45) is 5.73 Å². The van der Waals surface area contributed by atoms with Crippen LogP contribution in [0.4, 0.5) is 11.5 Å². The maximum atomic E-state index is 5.95. The van der Waals surface area contributed by atoms with Gasteiger partial charge in [-0.05, 0) is 37.3 Å². The fraction of sp³-hybridized carbons (Fsp3) is 0.0769. The number of halogens is 2. The van der Waals surface area contributed by atoms with Crippen LogP contribution in [0.25, 0.3) is 0 Å². The lowest BCUT2D eigenvalue weighted by Gasteiger charge is -2.11. The molecule has 0 saturated heterocycles. The van der Waals surface area contributed by atoms with Gasteiger partial charge in [-0.1, -0.05) is 35.4 Å². The van der Waals surface area contributed by atoms with E-state index in [2.05, 4.69) is 10.3 Å². The van der Waals surface area contributed by atoms with Crippen LogP contribution in [0, 0.1) is 6.92 Å². The molecule has 0 bridgehead atoms. The molecular formula is C13H11Cl2N3S. The Hall–Kier alpha value is -1.36. The molecule has 0 saturated carbocycles. The summed E-state index contributed by atoms with van der Waals surface area (Å²) in [6.45, 7) is 1.89. The van der Waals surface area contributed by atoms with Gasteiger partial charge in [-0.25, -0.2) is 4.98 Å². The summed E-state index contributed by atoms with van der Waals surface area (Å²) in [6, 6.07) is 8.85. The Kier molecular flexibility index (Phi) is 4.24. The lowest BCUT2D eigenvalue weighted by Crippen LogP contribution is -2.13. The molecule has 0 aliphatic rings. The summed E-state index contributed by atoms with van der Waals surface area (Å²) in [5.74, 6) is 0.589. The van der Waals surface area contributed by atoms with Crippen LogP contribution >= 0.6 is 35.4 Å². The van der Waals surface area contributed by atoms with Crippen LogP contribution < -0.4 is 11.1 Å². The molecule has 6 heteroatoms. The van der Waals surface area contributed by atoms with Crippen LogP contribution in [0.2, 0.25) is 10.0 Å². The predicted octanol–water partition coefficient (Wildman–Crippen LogP) is 4.07. The Balaban J connectivity index is 2.42. The van der Waals surface area contributed by atoms with Crippen molar-refractivity contribution in [2.45, 2.75) is 6.92 Å². The van der Waals surface area contributed by atoms with Crippen molar-refractivity contribution < 1.29 is 0 Å². The smallest absolute Gasteiger partial charge is 0.140 e. The number of rotatable bonds is 3. The van der Waals surface area contributed by atoms with E-state index in [-0.39, 0.29) is 4.99 Å². The van der Waals surface area contributed by atoms with Gasteiger partial charge in [0.2, 0.25) is 0 Å². The van der Waals surface area contributed by atoms with Crippen LogP contribution in [0.3, 0.4) is 0 Å². The van der Waals surface area contributed by atoms with Crippen molar-refractivity contribution in [3.63, 3.8) is 0 Å². The number of anilines is 2. The van der Waals surface area contributed by atoms with E-state index in [1.807, 2.05) is 19.1 Å². The van der Waals surface area contributed by atoms with Crippen LogP contribution in [0.15, 0.2) is 30.3 Å². The van der Waals surface area contributed by atoms with Gasteiger partial charge in [0.05, 0.1) is 5.56 Å². The fourth-order valence-corrected chi connectivity index (χ4v) is 2.30. The largest absolute Gasteiger partial charge is 0.389 e. The molecule has 0 radical (unpaired) electrons. The SMILES string of the molecule is Cc1ccc(C(N)=S)c(Nc2cc(Cl)cc(Cl)c2)n1. The Morgan fingerprint density at radius 2 is 1.84 bits per heavy atom. The fourth-order valence-electron chi connectivity index (χ4n) is 1.61. The molecule has 0 aliphatic heterocycles. The molecule has 0 spiro atoms. The van der Waals surface area contributed by atoms with Gasteiger partial charge in [0.15, 0.2) is 0 Å². The lowest BCUT2D eigenvalue weighted by atomic mass is 10.2. The first kappa shape index (κ1) is 14.1. The third-order valence-electron chi connectivity index (χ3n) is 2.43. The number of aryl methyl sites for hydroxylation is 1. The second kappa shape index (κ2) is 5.74. The first-order chi connectivity index (χ1) is 8.95. The van der Waals surface area contributed by atoms with Crippen molar-refractivity contribution in [3.05, 3.63) is 51.6 Å². The summed E-state index contributed by atoms with van der Waals surface area (Å²) in [5.41, 5.74) is 7.94. The van der Waals surface area contributed by atoms with Gasteiger partial charge in [-0.2, -0.15) is 0 Å². The van der Waals surface area contributed by atoms with Crippen LogP contribution in [-0.4, -0.2) is 9.97 Å². The summed E-state index contributed by atoms with van der Waals surface area (Å²) in [6.07, 6.45) is 0. The maximum absolute atomic E-state index is 5.95. The van der Waals surface area contributed by atoms with E-state index in [0.717, 1.165) is 11.4 Å². The molecule has 1 aromatic heterocycles. The first-order valence-corrected chi connectivity index (χ1v) is 6.62.